The molecule has 2 aromatic rings. The van der Waals surface area contributed by atoms with Crippen LogP contribution in [0.5, 0.6) is 5.75 Å². The van der Waals surface area contributed by atoms with Gasteiger partial charge in [0.2, 0.25) is 0 Å². The molecule has 1 aromatic carbocycles. The van der Waals surface area contributed by atoms with Crippen molar-refractivity contribution >= 4 is 28.8 Å². The van der Waals surface area contributed by atoms with Crippen LogP contribution >= 0.6 is 0 Å². The van der Waals surface area contributed by atoms with Crippen molar-refractivity contribution in [3.63, 3.8) is 0 Å². The number of aromatic nitrogens is 1. The van der Waals surface area contributed by atoms with Gasteiger partial charge in [-0.25, -0.2) is 0 Å². The molecule has 0 radical (unpaired) electrons. The number of nitrogens with two attached hydrogens (primary N) is 1. The standard InChI is InChI=1S/C20H26N6O/c1-23-14-15(13-21)17-11-18(22)20(27-2)12-19(17)26-9-7-25(8-10-26)16-3-5-24-6-4-16/h3-6,11-14,21,23H,7-10,22H2,1-2H3/b15-14+,21-13?. The van der Waals surface area contributed by atoms with Crippen molar-refractivity contribution in [3.05, 3.63) is 48.4 Å². The fourth-order valence-electron chi connectivity index (χ4n) is 3.37. The summed E-state index contributed by atoms with van der Waals surface area (Å²) in [6.07, 6.45) is 6.80. The smallest absolute Gasteiger partial charge is 0.143 e. The Bertz CT molecular complexity index is 813. The van der Waals surface area contributed by atoms with E-state index in [1.165, 1.54) is 11.9 Å². The third-order valence-corrected chi connectivity index (χ3v) is 4.76. The Morgan fingerprint density at radius 1 is 1.19 bits per heavy atom. The van der Waals surface area contributed by atoms with Crippen LogP contribution in [0.2, 0.25) is 0 Å². The Hall–Kier alpha value is -3.22. The quantitative estimate of drug-likeness (QED) is 0.536. The molecule has 1 aromatic heterocycles. The molecule has 27 heavy (non-hydrogen) atoms. The van der Waals surface area contributed by atoms with Gasteiger partial charge in [0.05, 0.1) is 12.8 Å². The third kappa shape index (κ3) is 3.97. The molecule has 0 atom stereocenters. The molecule has 142 valence electrons. The molecule has 1 aliphatic rings. The fraction of sp³-hybridized carbons (Fsp3) is 0.300. The monoisotopic (exact) mass is 366 g/mol. The predicted molar refractivity (Wildman–Crippen MR) is 112 cm³/mol. The number of nitrogens with one attached hydrogen (secondary N) is 2. The van der Waals surface area contributed by atoms with Crippen LogP contribution in [0, 0.1) is 5.41 Å². The molecule has 3 rings (SSSR count). The SMILES string of the molecule is CN/C=C(\C=N)c1cc(N)c(OC)cc1N1CCN(c2ccncc2)CC1. The summed E-state index contributed by atoms with van der Waals surface area (Å²) in [6, 6.07) is 7.93. The molecular weight excluding hydrogens is 340 g/mol. The summed E-state index contributed by atoms with van der Waals surface area (Å²) in [4.78, 5) is 8.77. The number of anilines is 3. The molecule has 7 heteroatoms. The van der Waals surface area contributed by atoms with Crippen molar-refractivity contribution in [2.24, 2.45) is 0 Å². The van der Waals surface area contributed by atoms with Crippen LogP contribution < -0.4 is 25.6 Å². The van der Waals surface area contributed by atoms with E-state index < -0.39 is 0 Å². The minimum Gasteiger partial charge on any atom is -0.495 e. The number of nitrogen functional groups attached to an aromatic ring is 1. The van der Waals surface area contributed by atoms with Gasteiger partial charge in [-0.05, 0) is 18.2 Å². The Balaban J connectivity index is 1.89. The molecule has 0 saturated carbocycles. The summed E-state index contributed by atoms with van der Waals surface area (Å²) in [5, 5.41) is 10.8. The highest BCUT2D eigenvalue weighted by atomic mass is 16.5. The normalized spacial score (nSPS) is 14.8. The average Bonchev–Trinajstić information content (AvgIpc) is 2.72. The largest absolute Gasteiger partial charge is 0.495 e. The van der Waals surface area contributed by atoms with E-state index in [0.29, 0.717) is 11.4 Å². The summed E-state index contributed by atoms with van der Waals surface area (Å²) < 4.78 is 5.43. The van der Waals surface area contributed by atoms with Gasteiger partial charge in [-0.15, -0.1) is 0 Å². The second-order valence-corrected chi connectivity index (χ2v) is 6.32. The van der Waals surface area contributed by atoms with E-state index in [9.17, 15) is 0 Å². The molecule has 0 aliphatic carbocycles. The van der Waals surface area contributed by atoms with E-state index in [1.54, 1.807) is 7.11 Å². The fourth-order valence-corrected chi connectivity index (χ4v) is 3.37. The van der Waals surface area contributed by atoms with Gasteiger partial charge in [0.1, 0.15) is 5.75 Å². The van der Waals surface area contributed by atoms with Gasteiger partial charge in [-0.3, -0.25) is 4.98 Å². The number of hydrogen-bond acceptors (Lipinski definition) is 7. The van der Waals surface area contributed by atoms with Crippen molar-refractivity contribution in [2.45, 2.75) is 0 Å². The van der Waals surface area contributed by atoms with Crippen LogP contribution in [0.15, 0.2) is 42.9 Å². The topological polar surface area (TPSA) is 90.5 Å². The number of benzene rings is 1. The summed E-state index contributed by atoms with van der Waals surface area (Å²) in [5.74, 6) is 0.652. The number of hydrogen-bond donors (Lipinski definition) is 3. The molecule has 4 N–H and O–H groups in total. The number of methoxy groups -OCH3 is 1. The minimum absolute atomic E-state index is 0.565. The van der Waals surface area contributed by atoms with Gasteiger partial charge >= 0.3 is 0 Å². The van der Waals surface area contributed by atoms with E-state index in [1.807, 2.05) is 49.9 Å². The van der Waals surface area contributed by atoms with Crippen LogP contribution in [0.3, 0.4) is 0 Å². The Morgan fingerprint density at radius 3 is 2.44 bits per heavy atom. The molecule has 0 amide bonds. The Labute approximate surface area is 160 Å². The van der Waals surface area contributed by atoms with Gasteiger partial charge in [-0.2, -0.15) is 0 Å². The first-order valence-corrected chi connectivity index (χ1v) is 8.93. The summed E-state index contributed by atoms with van der Waals surface area (Å²) in [7, 11) is 3.45. The number of rotatable bonds is 6. The maximum atomic E-state index is 7.79. The maximum Gasteiger partial charge on any atom is 0.143 e. The Kier molecular flexibility index (Phi) is 5.80. The Morgan fingerprint density at radius 2 is 1.85 bits per heavy atom. The van der Waals surface area contributed by atoms with Gasteiger partial charge < -0.3 is 31.0 Å². The first kappa shape index (κ1) is 18.6. The maximum absolute atomic E-state index is 7.79. The minimum atomic E-state index is 0.565. The summed E-state index contributed by atoms with van der Waals surface area (Å²) in [6.45, 7) is 3.55. The van der Waals surface area contributed by atoms with Gasteiger partial charge in [0.15, 0.2) is 0 Å². The lowest BCUT2D eigenvalue weighted by Crippen LogP contribution is -2.46. The third-order valence-electron chi connectivity index (χ3n) is 4.76. The van der Waals surface area contributed by atoms with Crippen LogP contribution in [-0.2, 0) is 0 Å². The molecule has 1 fully saturated rings. The number of allylic oxidation sites excluding steroid dienone is 1. The second kappa shape index (κ2) is 8.44. The molecule has 0 unspecified atom stereocenters. The molecule has 1 saturated heterocycles. The van der Waals surface area contributed by atoms with Crippen LogP contribution in [-0.4, -0.2) is 51.5 Å². The first-order valence-electron chi connectivity index (χ1n) is 8.93. The summed E-state index contributed by atoms with van der Waals surface area (Å²) in [5.41, 5.74) is 10.6. The lowest BCUT2D eigenvalue weighted by molar-refractivity contribution is 0.417. The zero-order valence-electron chi connectivity index (χ0n) is 15.8. The highest BCUT2D eigenvalue weighted by Crippen LogP contribution is 2.35. The zero-order chi connectivity index (χ0) is 19.2. The number of ether oxygens (including phenoxy) is 1. The molecule has 2 heterocycles. The number of pyridine rings is 1. The molecule has 1 aliphatic heterocycles. The van der Waals surface area contributed by atoms with Crippen molar-refractivity contribution in [3.8, 4) is 5.75 Å². The lowest BCUT2D eigenvalue weighted by Gasteiger charge is -2.38. The van der Waals surface area contributed by atoms with Crippen molar-refractivity contribution in [2.75, 3.05) is 55.9 Å². The van der Waals surface area contributed by atoms with E-state index in [4.69, 9.17) is 15.9 Å². The van der Waals surface area contributed by atoms with E-state index in [2.05, 4.69) is 20.1 Å². The van der Waals surface area contributed by atoms with Crippen molar-refractivity contribution < 1.29 is 4.74 Å². The lowest BCUT2D eigenvalue weighted by atomic mass is 10.0. The van der Waals surface area contributed by atoms with Gasteiger partial charge in [0.25, 0.3) is 0 Å². The second-order valence-electron chi connectivity index (χ2n) is 6.32. The number of nitrogens with zero attached hydrogens (tertiary/aromatic N) is 3. The zero-order valence-corrected chi connectivity index (χ0v) is 15.8. The van der Waals surface area contributed by atoms with Crippen LogP contribution in [0.4, 0.5) is 17.1 Å². The molecule has 7 nitrogen and oxygen atoms in total. The van der Waals surface area contributed by atoms with Crippen LogP contribution in [0.1, 0.15) is 5.56 Å². The van der Waals surface area contributed by atoms with E-state index >= 15 is 0 Å². The molecule has 0 spiro atoms. The first-order chi connectivity index (χ1) is 13.2. The highest BCUT2D eigenvalue weighted by molar-refractivity contribution is 6.11. The van der Waals surface area contributed by atoms with Crippen molar-refractivity contribution in [1.82, 2.24) is 10.3 Å². The van der Waals surface area contributed by atoms with Gasteiger partial charge in [0, 0.05) is 86.6 Å². The molecule has 0 bridgehead atoms. The van der Waals surface area contributed by atoms with Crippen LogP contribution in [0.25, 0.3) is 5.57 Å². The van der Waals surface area contributed by atoms with E-state index in [0.717, 1.165) is 43.0 Å². The summed E-state index contributed by atoms with van der Waals surface area (Å²) >= 11 is 0. The van der Waals surface area contributed by atoms with Crippen molar-refractivity contribution in [1.29, 1.82) is 5.41 Å². The average molecular weight is 366 g/mol. The highest BCUT2D eigenvalue weighted by Gasteiger charge is 2.22. The van der Waals surface area contributed by atoms with E-state index in [-0.39, 0.29) is 0 Å². The van der Waals surface area contributed by atoms with Gasteiger partial charge in [-0.1, -0.05) is 0 Å². The molecular formula is C20H26N6O. The number of piperazine rings is 1. The predicted octanol–water partition coefficient (Wildman–Crippen LogP) is 2.21.